The fourth-order valence-corrected chi connectivity index (χ4v) is 2.99. The zero-order chi connectivity index (χ0) is 14.1. The van der Waals surface area contributed by atoms with Gasteiger partial charge in [-0.15, -0.1) is 0 Å². The highest BCUT2D eigenvalue weighted by atomic mass is 35.5. The van der Waals surface area contributed by atoms with Crippen LogP contribution in [0.3, 0.4) is 0 Å². The average Bonchev–Trinajstić information content (AvgIpc) is 2.46. The fraction of sp³-hybridized carbons (Fsp3) is 0.0625. The van der Waals surface area contributed by atoms with Gasteiger partial charge in [0.15, 0.2) is 0 Å². The van der Waals surface area contributed by atoms with Crippen LogP contribution in [0, 0.1) is 0 Å². The van der Waals surface area contributed by atoms with Gasteiger partial charge in [-0.1, -0.05) is 47.5 Å². The summed E-state index contributed by atoms with van der Waals surface area (Å²) in [5.41, 5.74) is 9.00. The summed E-state index contributed by atoms with van der Waals surface area (Å²) < 4.78 is 0. The molecule has 0 radical (unpaired) electrons. The molecule has 20 heavy (non-hydrogen) atoms. The normalized spacial score (nSPS) is 12.6. The molecule has 0 saturated carbocycles. The monoisotopic (exact) mass is 302 g/mol. The minimum atomic E-state index is -0.385. The summed E-state index contributed by atoms with van der Waals surface area (Å²) in [6.45, 7) is 0. The Morgan fingerprint density at radius 3 is 2.35 bits per heavy atom. The molecule has 2 N–H and O–H groups in total. The number of aromatic nitrogens is 1. The van der Waals surface area contributed by atoms with E-state index in [0.717, 1.165) is 22.0 Å². The molecule has 0 amide bonds. The molecule has 100 valence electrons. The van der Waals surface area contributed by atoms with Crippen molar-refractivity contribution in [2.75, 3.05) is 0 Å². The first-order valence-corrected chi connectivity index (χ1v) is 6.97. The van der Waals surface area contributed by atoms with Crippen LogP contribution in [0.2, 0.25) is 10.0 Å². The van der Waals surface area contributed by atoms with Gasteiger partial charge in [0.1, 0.15) is 0 Å². The molecular weight excluding hydrogens is 291 g/mol. The maximum Gasteiger partial charge on any atom is 0.0705 e. The second-order valence-electron chi connectivity index (χ2n) is 4.53. The molecule has 0 bridgehead atoms. The predicted molar refractivity (Wildman–Crippen MR) is 84.2 cm³/mol. The Balaban J connectivity index is 2.21. The van der Waals surface area contributed by atoms with E-state index >= 15 is 0 Å². The Labute approximate surface area is 127 Å². The van der Waals surface area contributed by atoms with Gasteiger partial charge in [-0.05, 0) is 29.8 Å². The first-order valence-electron chi connectivity index (χ1n) is 6.21. The second kappa shape index (κ2) is 5.41. The summed E-state index contributed by atoms with van der Waals surface area (Å²) >= 11 is 12.5. The maximum atomic E-state index is 6.39. The minimum absolute atomic E-state index is 0.385. The van der Waals surface area contributed by atoms with Crippen molar-refractivity contribution in [3.63, 3.8) is 0 Å². The molecule has 3 aromatic rings. The van der Waals surface area contributed by atoms with Crippen LogP contribution < -0.4 is 5.73 Å². The molecule has 0 aliphatic heterocycles. The Morgan fingerprint density at radius 1 is 0.900 bits per heavy atom. The lowest BCUT2D eigenvalue weighted by molar-refractivity contribution is 0.881. The Kier molecular flexibility index (Phi) is 3.62. The lowest BCUT2D eigenvalue weighted by atomic mass is 9.96. The van der Waals surface area contributed by atoms with Crippen molar-refractivity contribution >= 4 is 34.1 Å². The summed E-state index contributed by atoms with van der Waals surface area (Å²) in [7, 11) is 0. The minimum Gasteiger partial charge on any atom is -0.320 e. The topological polar surface area (TPSA) is 38.9 Å². The van der Waals surface area contributed by atoms with Crippen LogP contribution in [0.5, 0.6) is 0 Å². The van der Waals surface area contributed by atoms with Gasteiger partial charge < -0.3 is 5.73 Å². The highest BCUT2D eigenvalue weighted by Crippen LogP contribution is 2.34. The van der Waals surface area contributed by atoms with Crippen LogP contribution in [0.1, 0.15) is 17.2 Å². The summed E-state index contributed by atoms with van der Waals surface area (Å²) in [5.74, 6) is 0. The van der Waals surface area contributed by atoms with Crippen LogP contribution >= 0.6 is 23.2 Å². The van der Waals surface area contributed by atoms with E-state index in [4.69, 9.17) is 28.9 Å². The van der Waals surface area contributed by atoms with Gasteiger partial charge in [-0.2, -0.15) is 0 Å². The van der Waals surface area contributed by atoms with Crippen LogP contribution in [0.15, 0.2) is 54.7 Å². The van der Waals surface area contributed by atoms with Crippen molar-refractivity contribution in [2.45, 2.75) is 6.04 Å². The molecule has 1 unspecified atom stereocenters. The smallest absolute Gasteiger partial charge is 0.0705 e. The Morgan fingerprint density at radius 2 is 1.60 bits per heavy atom. The van der Waals surface area contributed by atoms with Gasteiger partial charge in [0.05, 0.1) is 11.6 Å². The summed E-state index contributed by atoms with van der Waals surface area (Å²) in [4.78, 5) is 4.34. The van der Waals surface area contributed by atoms with E-state index < -0.39 is 0 Å². The van der Waals surface area contributed by atoms with Crippen molar-refractivity contribution in [3.8, 4) is 0 Å². The first-order chi connectivity index (χ1) is 9.68. The summed E-state index contributed by atoms with van der Waals surface area (Å²) in [5, 5.41) is 2.16. The van der Waals surface area contributed by atoms with Crippen LogP contribution in [-0.4, -0.2) is 4.98 Å². The van der Waals surface area contributed by atoms with Gasteiger partial charge in [-0.3, -0.25) is 4.98 Å². The van der Waals surface area contributed by atoms with Gasteiger partial charge in [0, 0.05) is 27.2 Å². The molecule has 0 aliphatic rings. The lowest BCUT2D eigenvalue weighted by Gasteiger charge is -2.17. The Hall–Kier alpha value is -1.61. The number of hydrogen-bond donors (Lipinski definition) is 1. The lowest BCUT2D eigenvalue weighted by Crippen LogP contribution is -2.13. The van der Waals surface area contributed by atoms with Gasteiger partial charge >= 0.3 is 0 Å². The zero-order valence-corrected chi connectivity index (χ0v) is 12.1. The third-order valence-corrected chi connectivity index (χ3v) is 3.98. The number of nitrogens with zero attached hydrogens (tertiary/aromatic N) is 1. The van der Waals surface area contributed by atoms with E-state index in [9.17, 15) is 0 Å². The molecule has 0 aliphatic carbocycles. The standard InChI is InChI=1S/C16H12Cl2N2/c17-12-6-2-7-13(18)15(12)16(19)11-4-1-8-14-10(11)5-3-9-20-14/h1-9,16H,19H2. The molecular formula is C16H12Cl2N2. The number of fused-ring (bicyclic) bond motifs is 1. The molecule has 1 atom stereocenters. The number of rotatable bonds is 2. The molecule has 1 heterocycles. The van der Waals surface area contributed by atoms with Crippen molar-refractivity contribution < 1.29 is 0 Å². The van der Waals surface area contributed by atoms with Crippen molar-refractivity contribution in [3.05, 3.63) is 75.9 Å². The summed E-state index contributed by atoms with van der Waals surface area (Å²) in [6, 6.07) is 14.8. The van der Waals surface area contributed by atoms with E-state index in [1.807, 2.05) is 36.4 Å². The van der Waals surface area contributed by atoms with Crippen molar-refractivity contribution in [1.29, 1.82) is 0 Å². The third-order valence-electron chi connectivity index (χ3n) is 3.33. The molecule has 0 spiro atoms. The quantitative estimate of drug-likeness (QED) is 0.752. The molecule has 0 fully saturated rings. The van der Waals surface area contributed by atoms with E-state index in [0.29, 0.717) is 10.0 Å². The number of benzene rings is 2. The van der Waals surface area contributed by atoms with E-state index in [1.54, 1.807) is 18.3 Å². The van der Waals surface area contributed by atoms with Crippen LogP contribution in [0.4, 0.5) is 0 Å². The molecule has 3 rings (SSSR count). The molecule has 2 nitrogen and oxygen atoms in total. The van der Waals surface area contributed by atoms with Crippen LogP contribution in [-0.2, 0) is 0 Å². The number of pyridine rings is 1. The number of hydrogen-bond acceptors (Lipinski definition) is 2. The molecule has 2 aromatic carbocycles. The fourth-order valence-electron chi connectivity index (χ4n) is 2.36. The second-order valence-corrected chi connectivity index (χ2v) is 5.34. The number of halogens is 2. The average molecular weight is 303 g/mol. The highest BCUT2D eigenvalue weighted by Gasteiger charge is 2.18. The largest absolute Gasteiger partial charge is 0.320 e. The highest BCUT2D eigenvalue weighted by molar-refractivity contribution is 6.36. The molecule has 4 heteroatoms. The van der Waals surface area contributed by atoms with Gasteiger partial charge in [0.25, 0.3) is 0 Å². The predicted octanol–water partition coefficient (Wildman–Crippen LogP) is 4.59. The SMILES string of the molecule is NC(c1c(Cl)cccc1Cl)c1cccc2ncccc12. The first kappa shape index (κ1) is 13.4. The van der Waals surface area contributed by atoms with E-state index in [2.05, 4.69) is 4.98 Å². The zero-order valence-electron chi connectivity index (χ0n) is 10.6. The van der Waals surface area contributed by atoms with E-state index in [1.165, 1.54) is 0 Å². The van der Waals surface area contributed by atoms with Crippen LogP contribution in [0.25, 0.3) is 10.9 Å². The molecule has 1 aromatic heterocycles. The number of nitrogens with two attached hydrogens (primary N) is 1. The molecule has 0 saturated heterocycles. The van der Waals surface area contributed by atoms with Gasteiger partial charge in [-0.25, -0.2) is 0 Å². The maximum absolute atomic E-state index is 6.39. The van der Waals surface area contributed by atoms with Crippen molar-refractivity contribution in [1.82, 2.24) is 4.98 Å². The third kappa shape index (κ3) is 2.27. The van der Waals surface area contributed by atoms with E-state index in [-0.39, 0.29) is 6.04 Å². The summed E-state index contributed by atoms with van der Waals surface area (Å²) in [6.07, 6.45) is 1.76. The van der Waals surface area contributed by atoms with Crippen molar-refractivity contribution in [2.24, 2.45) is 5.73 Å². The Bertz CT molecular complexity index is 746. The van der Waals surface area contributed by atoms with Gasteiger partial charge in [0.2, 0.25) is 0 Å².